The van der Waals surface area contributed by atoms with Crippen molar-refractivity contribution in [2.75, 3.05) is 43.5 Å². The van der Waals surface area contributed by atoms with Crippen LogP contribution in [0.25, 0.3) is 0 Å². The average Bonchev–Trinajstić information content (AvgIpc) is 3.67. The number of carbonyl (C=O) groups excluding carboxylic acids is 1. The topological polar surface area (TPSA) is 117 Å². The lowest BCUT2D eigenvalue weighted by molar-refractivity contribution is -0.137. The largest absolute Gasteiger partial charge is 0.496 e. The zero-order valence-corrected chi connectivity index (χ0v) is 20.3. The lowest BCUT2D eigenvalue weighted by atomic mass is 9.93. The molecule has 9 nitrogen and oxygen atoms in total. The van der Waals surface area contributed by atoms with Crippen LogP contribution in [0.5, 0.6) is 5.75 Å². The molecule has 1 aromatic heterocycles. The maximum atomic E-state index is 15.5. The molecule has 2 heterocycles. The van der Waals surface area contributed by atoms with E-state index in [-0.39, 0.29) is 55.5 Å². The smallest absolute Gasteiger partial charge is 0.416 e. The fourth-order valence-corrected chi connectivity index (χ4v) is 4.56. The van der Waals surface area contributed by atoms with E-state index in [2.05, 4.69) is 15.3 Å². The number of methoxy groups -OCH3 is 1. The third-order valence-electron chi connectivity index (χ3n) is 6.70. The quantitative estimate of drug-likeness (QED) is 0.404. The van der Waals surface area contributed by atoms with E-state index in [9.17, 15) is 23.1 Å². The van der Waals surface area contributed by atoms with E-state index in [1.54, 1.807) is 9.80 Å². The van der Waals surface area contributed by atoms with Gasteiger partial charge in [0, 0.05) is 37.2 Å². The summed E-state index contributed by atoms with van der Waals surface area (Å²) < 4.78 is 60.1. The molecule has 2 aliphatic rings. The molecule has 0 unspecified atom stereocenters. The van der Waals surface area contributed by atoms with Gasteiger partial charge in [-0.25, -0.2) is 9.97 Å². The third kappa shape index (κ3) is 6.58. The minimum Gasteiger partial charge on any atom is -0.496 e. The number of nitrogens with one attached hydrogen (secondary N) is 1. The summed E-state index contributed by atoms with van der Waals surface area (Å²) in [6, 6.07) is 3.23. The van der Waals surface area contributed by atoms with E-state index < -0.39 is 29.6 Å². The Morgan fingerprint density at radius 3 is 2.68 bits per heavy atom. The second kappa shape index (κ2) is 11.1. The number of amides is 1. The van der Waals surface area contributed by atoms with Crippen molar-refractivity contribution >= 4 is 17.5 Å². The van der Waals surface area contributed by atoms with Crippen LogP contribution in [0, 0.1) is 11.7 Å². The van der Waals surface area contributed by atoms with Crippen LogP contribution in [-0.2, 0) is 17.5 Å². The van der Waals surface area contributed by atoms with Crippen molar-refractivity contribution in [2.45, 2.75) is 44.1 Å². The van der Waals surface area contributed by atoms with Crippen LogP contribution in [0.15, 0.2) is 24.5 Å². The summed E-state index contributed by atoms with van der Waals surface area (Å²) >= 11 is 0. The van der Waals surface area contributed by atoms with Crippen molar-refractivity contribution in [3.63, 3.8) is 0 Å². The van der Waals surface area contributed by atoms with Crippen molar-refractivity contribution in [1.82, 2.24) is 14.9 Å². The van der Waals surface area contributed by atoms with Gasteiger partial charge in [0.25, 0.3) is 0 Å². The lowest BCUT2D eigenvalue weighted by Gasteiger charge is -2.35. The maximum Gasteiger partial charge on any atom is 0.416 e. The zero-order chi connectivity index (χ0) is 26.7. The van der Waals surface area contributed by atoms with Gasteiger partial charge in [0.05, 0.1) is 25.3 Å². The molecule has 1 aromatic carbocycles. The molecule has 2 atom stereocenters. The summed E-state index contributed by atoms with van der Waals surface area (Å²) in [6.45, 7) is 1.30. The molecule has 1 aliphatic heterocycles. The molecular weight excluding hydrogens is 496 g/mol. The Bertz CT molecular complexity index is 1110. The number of hydrogen-bond acceptors (Lipinski definition) is 8. The number of nitrogens with zero attached hydrogens (tertiary/aromatic N) is 4. The second-order valence-corrected chi connectivity index (χ2v) is 9.44. The number of piperidine rings is 1. The predicted molar refractivity (Wildman–Crippen MR) is 127 cm³/mol. The van der Waals surface area contributed by atoms with E-state index in [0.717, 1.165) is 25.0 Å². The maximum absolute atomic E-state index is 15.5. The number of hydrogen-bond donors (Lipinski definition) is 3. The Kier molecular flexibility index (Phi) is 8.02. The third-order valence-corrected chi connectivity index (χ3v) is 6.70. The highest BCUT2D eigenvalue weighted by molar-refractivity contribution is 5.75. The number of alkyl halides is 3. The zero-order valence-electron chi connectivity index (χ0n) is 20.3. The van der Waals surface area contributed by atoms with Crippen molar-refractivity contribution in [2.24, 2.45) is 11.7 Å². The summed E-state index contributed by atoms with van der Waals surface area (Å²) in [5.41, 5.74) is 4.87. The Balaban J connectivity index is 1.47. The first-order chi connectivity index (χ1) is 17.6. The van der Waals surface area contributed by atoms with Gasteiger partial charge >= 0.3 is 6.18 Å². The number of likely N-dealkylation sites (tertiary alicyclic amines) is 1. The Morgan fingerprint density at radius 1 is 1.30 bits per heavy atom. The SMILES string of the molecule is COc1cc(C(F)(F)F)ccc1CN(c1ncnc(NC[C@@H]2CCN(CC(N)=O)C[C@H]2O)c1F)C1CC1. The van der Waals surface area contributed by atoms with Crippen LogP contribution in [-0.4, -0.2) is 71.3 Å². The Morgan fingerprint density at radius 2 is 2.05 bits per heavy atom. The van der Waals surface area contributed by atoms with Gasteiger partial charge in [-0.1, -0.05) is 6.07 Å². The first-order valence-electron chi connectivity index (χ1n) is 12.0. The van der Waals surface area contributed by atoms with Gasteiger partial charge in [0.2, 0.25) is 11.7 Å². The number of rotatable bonds is 10. The number of nitrogens with two attached hydrogens (primary N) is 1. The number of benzene rings is 1. The molecule has 1 amide bonds. The molecule has 0 spiro atoms. The average molecular weight is 527 g/mol. The van der Waals surface area contributed by atoms with E-state index in [1.807, 2.05) is 0 Å². The lowest BCUT2D eigenvalue weighted by Crippen LogP contribution is -2.48. The number of aliphatic hydroxyl groups excluding tert-OH is 1. The van der Waals surface area contributed by atoms with Gasteiger partial charge in [0.15, 0.2) is 11.6 Å². The molecule has 0 radical (unpaired) electrons. The van der Waals surface area contributed by atoms with Crippen molar-refractivity contribution in [3.05, 3.63) is 41.5 Å². The number of β-amino-alcohol motifs (C(OH)–C–C–N with tert-alkyl or cyclic N) is 1. The first kappa shape index (κ1) is 26.9. The number of ether oxygens (including phenoxy) is 1. The molecule has 1 saturated heterocycles. The van der Waals surface area contributed by atoms with Gasteiger partial charge in [0.1, 0.15) is 12.1 Å². The number of primary amides is 1. The number of anilines is 2. The van der Waals surface area contributed by atoms with Crippen LogP contribution in [0.4, 0.5) is 29.2 Å². The van der Waals surface area contributed by atoms with E-state index >= 15 is 4.39 Å². The summed E-state index contributed by atoms with van der Waals surface area (Å²) in [7, 11) is 1.29. The Labute approximate surface area is 211 Å². The second-order valence-electron chi connectivity index (χ2n) is 9.44. The summed E-state index contributed by atoms with van der Waals surface area (Å²) in [4.78, 5) is 22.8. The fraction of sp³-hybridized carbons (Fsp3) is 0.542. The van der Waals surface area contributed by atoms with Crippen LogP contribution < -0.4 is 20.7 Å². The van der Waals surface area contributed by atoms with E-state index in [1.165, 1.54) is 19.5 Å². The summed E-state index contributed by atoms with van der Waals surface area (Å²) in [5.74, 6) is -1.25. The normalized spacial score (nSPS) is 20.5. The number of carbonyl (C=O) groups is 1. The van der Waals surface area contributed by atoms with Gasteiger partial charge in [-0.15, -0.1) is 0 Å². The van der Waals surface area contributed by atoms with Crippen LogP contribution in [0.1, 0.15) is 30.4 Å². The Hall–Kier alpha value is -3.19. The standard InChI is InChI=1S/C24H30F4N6O3/c1-37-19-8-16(24(26,27)28)3-2-15(19)10-34(17-4-5-17)23-21(25)22(31-13-32-23)30-9-14-6-7-33(11-18(14)35)12-20(29)36/h2-3,8,13-14,17-18,35H,4-7,9-12H2,1H3,(H2,29,36)(H,30,31,32)/t14-,18+/m0/s1. The minimum absolute atomic E-state index is 0.0133. The van der Waals surface area contributed by atoms with Crippen molar-refractivity contribution in [3.8, 4) is 5.75 Å². The van der Waals surface area contributed by atoms with E-state index in [0.29, 0.717) is 18.5 Å². The van der Waals surface area contributed by atoms with Gasteiger partial charge in [-0.2, -0.15) is 17.6 Å². The molecule has 2 fully saturated rings. The molecule has 202 valence electrons. The molecule has 2 aromatic rings. The van der Waals surface area contributed by atoms with E-state index in [4.69, 9.17) is 10.5 Å². The highest BCUT2D eigenvalue weighted by Gasteiger charge is 2.35. The fourth-order valence-electron chi connectivity index (χ4n) is 4.56. The van der Waals surface area contributed by atoms with Gasteiger partial charge < -0.3 is 25.8 Å². The highest BCUT2D eigenvalue weighted by Crippen LogP contribution is 2.38. The molecule has 37 heavy (non-hydrogen) atoms. The number of aromatic nitrogens is 2. The molecule has 0 bridgehead atoms. The first-order valence-corrected chi connectivity index (χ1v) is 12.0. The van der Waals surface area contributed by atoms with Crippen LogP contribution in [0.2, 0.25) is 0 Å². The highest BCUT2D eigenvalue weighted by atomic mass is 19.4. The molecule has 1 saturated carbocycles. The van der Waals surface area contributed by atoms with Crippen LogP contribution >= 0.6 is 0 Å². The molecule has 1 aliphatic carbocycles. The minimum atomic E-state index is -4.51. The summed E-state index contributed by atoms with van der Waals surface area (Å²) in [5, 5.41) is 13.4. The van der Waals surface area contributed by atoms with Crippen molar-refractivity contribution in [1.29, 1.82) is 0 Å². The number of halogens is 4. The predicted octanol–water partition coefficient (Wildman–Crippen LogP) is 2.39. The van der Waals surface area contributed by atoms with Crippen molar-refractivity contribution < 1.29 is 32.2 Å². The van der Waals surface area contributed by atoms with Crippen LogP contribution in [0.3, 0.4) is 0 Å². The summed E-state index contributed by atoms with van der Waals surface area (Å²) in [6.07, 6.45) is -1.82. The van der Waals surface area contributed by atoms with Gasteiger partial charge in [-0.05, 0) is 37.9 Å². The molecule has 13 heteroatoms. The van der Waals surface area contributed by atoms with Gasteiger partial charge in [-0.3, -0.25) is 9.69 Å². The molecule has 4 rings (SSSR count). The monoisotopic (exact) mass is 526 g/mol. The molecule has 4 N–H and O–H groups in total. The molecular formula is C24H30F4N6O3. The number of aliphatic hydroxyl groups is 1.